The first-order valence-electron chi connectivity index (χ1n) is 15.2. The Morgan fingerprint density at radius 2 is 1.93 bits per heavy atom. The third-order valence-electron chi connectivity index (χ3n) is 9.27. The average molecular weight is 576 g/mol. The zero-order chi connectivity index (χ0) is 29.8. The van der Waals surface area contributed by atoms with E-state index in [0.29, 0.717) is 44.2 Å². The van der Waals surface area contributed by atoms with Gasteiger partial charge in [0.1, 0.15) is 12.4 Å². The van der Waals surface area contributed by atoms with Crippen LogP contribution in [0.2, 0.25) is 0 Å². The zero-order valence-corrected chi connectivity index (χ0v) is 24.7. The minimum atomic E-state index is -0.302. The Morgan fingerprint density at radius 3 is 2.74 bits per heavy atom. The van der Waals surface area contributed by atoms with Crippen molar-refractivity contribution in [2.75, 3.05) is 44.7 Å². The van der Waals surface area contributed by atoms with Crippen LogP contribution in [0, 0.1) is 22.7 Å². The number of likely N-dealkylation sites (N-methyl/N-ethyl adjacent to an activating group) is 1. The van der Waals surface area contributed by atoms with Gasteiger partial charge >= 0.3 is 6.01 Å². The second kappa shape index (κ2) is 12.8. The van der Waals surface area contributed by atoms with E-state index in [0.717, 1.165) is 49.3 Å². The molecule has 1 amide bonds. The van der Waals surface area contributed by atoms with E-state index in [1.165, 1.54) is 34.9 Å². The van der Waals surface area contributed by atoms with E-state index in [1.54, 1.807) is 4.90 Å². The summed E-state index contributed by atoms with van der Waals surface area (Å²) in [5.74, 6) is 0.954. The summed E-state index contributed by atoms with van der Waals surface area (Å²) in [6.07, 6.45) is 7.58. The number of anilines is 1. The van der Waals surface area contributed by atoms with Crippen molar-refractivity contribution in [3.8, 4) is 18.1 Å². The smallest absolute Gasteiger partial charge is 0.318 e. The van der Waals surface area contributed by atoms with Crippen molar-refractivity contribution in [1.82, 2.24) is 19.8 Å². The summed E-state index contributed by atoms with van der Waals surface area (Å²) in [5.41, 5.74) is 3.52. The van der Waals surface area contributed by atoms with Crippen LogP contribution in [0.3, 0.4) is 0 Å². The number of hydrogen-bond donors (Lipinski definition) is 0. The molecule has 1 aliphatic carbocycles. The minimum absolute atomic E-state index is 0.205. The van der Waals surface area contributed by atoms with Crippen molar-refractivity contribution >= 4 is 22.5 Å². The van der Waals surface area contributed by atoms with Crippen molar-refractivity contribution in [3.63, 3.8) is 0 Å². The quantitative estimate of drug-likeness (QED) is 0.302. The van der Waals surface area contributed by atoms with Gasteiger partial charge in [-0.2, -0.15) is 20.5 Å². The number of hydrogen-bond acceptors (Lipinski definition) is 8. The molecule has 220 valence electrons. The number of carbonyl (C=O) groups excluding carboxylic acids is 1. The van der Waals surface area contributed by atoms with E-state index in [2.05, 4.69) is 65.4 Å². The number of piperazine rings is 1. The first-order chi connectivity index (χ1) is 21.1. The van der Waals surface area contributed by atoms with E-state index < -0.39 is 0 Å². The Labute approximate surface area is 253 Å². The van der Waals surface area contributed by atoms with E-state index in [1.807, 2.05) is 6.07 Å². The van der Waals surface area contributed by atoms with Crippen LogP contribution in [-0.4, -0.2) is 77.6 Å². The molecule has 2 aliphatic heterocycles. The molecule has 2 aromatic carbocycles. The highest BCUT2D eigenvalue weighted by atomic mass is 16.5. The van der Waals surface area contributed by atoms with Gasteiger partial charge in [0.15, 0.2) is 0 Å². The number of ether oxygens (including phenoxy) is 1. The van der Waals surface area contributed by atoms with Crippen LogP contribution in [-0.2, 0) is 17.6 Å². The Kier molecular flexibility index (Phi) is 8.53. The lowest BCUT2D eigenvalue weighted by Gasteiger charge is -2.42. The van der Waals surface area contributed by atoms with E-state index in [4.69, 9.17) is 20.0 Å². The van der Waals surface area contributed by atoms with E-state index in [9.17, 15) is 10.1 Å². The molecule has 9 heteroatoms. The van der Waals surface area contributed by atoms with E-state index in [-0.39, 0.29) is 18.4 Å². The lowest BCUT2D eigenvalue weighted by molar-refractivity contribution is -0.128. The molecule has 0 spiro atoms. The van der Waals surface area contributed by atoms with Crippen molar-refractivity contribution in [3.05, 3.63) is 71.4 Å². The molecule has 0 bridgehead atoms. The molecular weight excluding hydrogens is 538 g/mol. The third kappa shape index (κ3) is 6.04. The number of likely N-dealkylation sites (tertiary alicyclic amines) is 1. The molecule has 0 unspecified atom stereocenters. The monoisotopic (exact) mass is 575 g/mol. The standard InChI is InChI=1S/C34H37N7O2/c1-39-18-6-9-27(39)23-43-34-37-31-21-25(29-11-4-8-24-7-2-3-10-28(24)29)13-14-30(31)33(38-34)40-19-20-41(26(22-40)15-17-36)32(42)12-5-16-35/h2-5,7-8,10-12,25-27H,6,9,13-15,18-23H2,1H3/b12-5+/t25-,26-,27-/m0/s1. The van der Waals surface area contributed by atoms with Crippen LogP contribution in [0.15, 0.2) is 54.6 Å². The molecule has 6 rings (SSSR count). The molecule has 0 radical (unpaired) electrons. The average Bonchev–Trinajstić information content (AvgIpc) is 3.46. The first-order valence-corrected chi connectivity index (χ1v) is 15.2. The van der Waals surface area contributed by atoms with Gasteiger partial charge in [-0.05, 0) is 68.0 Å². The lowest BCUT2D eigenvalue weighted by Crippen LogP contribution is -2.55. The number of aromatic nitrogens is 2. The summed E-state index contributed by atoms with van der Waals surface area (Å²) in [4.78, 5) is 29.0. The van der Waals surface area contributed by atoms with Gasteiger partial charge in [-0.1, -0.05) is 42.5 Å². The van der Waals surface area contributed by atoms with Crippen molar-refractivity contribution in [1.29, 1.82) is 10.5 Å². The van der Waals surface area contributed by atoms with Crippen LogP contribution in [0.4, 0.5) is 5.82 Å². The SMILES string of the molecule is CN1CCC[C@H]1COc1nc2c(c(N3CCN(C(=O)/C=C/C#N)[C@@H](CC#N)C3)n1)CC[C@H](c1cccc3ccccc13)C2. The number of allylic oxidation sites excluding steroid dienone is 1. The van der Waals surface area contributed by atoms with Crippen molar-refractivity contribution < 1.29 is 9.53 Å². The highest BCUT2D eigenvalue weighted by Gasteiger charge is 2.34. The number of rotatable bonds is 7. The van der Waals surface area contributed by atoms with Crippen LogP contribution < -0.4 is 9.64 Å². The number of fused-ring (bicyclic) bond motifs is 2. The van der Waals surface area contributed by atoms with Crippen molar-refractivity contribution in [2.45, 2.75) is 56.5 Å². The van der Waals surface area contributed by atoms with Gasteiger partial charge in [-0.15, -0.1) is 0 Å². The Morgan fingerprint density at radius 1 is 1.07 bits per heavy atom. The van der Waals surface area contributed by atoms with Gasteiger partial charge < -0.3 is 19.4 Å². The summed E-state index contributed by atoms with van der Waals surface area (Å²) in [6.45, 7) is 3.13. The van der Waals surface area contributed by atoms with E-state index >= 15 is 0 Å². The maximum absolute atomic E-state index is 12.8. The number of carbonyl (C=O) groups is 1. The molecular formula is C34H37N7O2. The van der Waals surface area contributed by atoms with Gasteiger partial charge in [0.2, 0.25) is 5.91 Å². The fourth-order valence-electron chi connectivity index (χ4n) is 6.95. The molecule has 3 aromatic rings. The maximum atomic E-state index is 12.8. The molecule has 1 aromatic heterocycles. The predicted molar refractivity (Wildman–Crippen MR) is 165 cm³/mol. The van der Waals surface area contributed by atoms with Gasteiger partial charge in [-0.25, -0.2) is 0 Å². The fraction of sp³-hybridized carbons (Fsp3) is 0.441. The Hall–Kier alpha value is -4.47. The molecule has 9 nitrogen and oxygen atoms in total. The molecule has 43 heavy (non-hydrogen) atoms. The second-order valence-electron chi connectivity index (χ2n) is 11.8. The second-order valence-corrected chi connectivity index (χ2v) is 11.8. The maximum Gasteiger partial charge on any atom is 0.318 e. The highest BCUT2D eigenvalue weighted by molar-refractivity contribution is 5.88. The number of benzene rings is 2. The summed E-state index contributed by atoms with van der Waals surface area (Å²) in [5, 5.41) is 21.0. The highest BCUT2D eigenvalue weighted by Crippen LogP contribution is 2.39. The third-order valence-corrected chi connectivity index (χ3v) is 9.27. The summed E-state index contributed by atoms with van der Waals surface area (Å²) >= 11 is 0. The molecule has 3 heterocycles. The van der Waals surface area contributed by atoms with Gasteiger partial charge in [-0.3, -0.25) is 4.79 Å². The summed E-state index contributed by atoms with van der Waals surface area (Å²) in [7, 11) is 2.14. The van der Waals surface area contributed by atoms with Gasteiger partial charge in [0.05, 0.1) is 30.3 Å². The van der Waals surface area contributed by atoms with Crippen LogP contribution in [0.1, 0.15) is 48.4 Å². The molecule has 2 saturated heterocycles. The van der Waals surface area contributed by atoms with Crippen LogP contribution in [0.25, 0.3) is 10.8 Å². The molecule has 3 aliphatic rings. The van der Waals surface area contributed by atoms with Gasteiger partial charge in [0, 0.05) is 43.4 Å². The fourth-order valence-corrected chi connectivity index (χ4v) is 6.95. The summed E-state index contributed by atoms with van der Waals surface area (Å²) < 4.78 is 6.30. The summed E-state index contributed by atoms with van der Waals surface area (Å²) in [6, 6.07) is 19.7. The molecule has 0 N–H and O–H groups in total. The molecule has 0 saturated carbocycles. The number of amides is 1. The van der Waals surface area contributed by atoms with Crippen molar-refractivity contribution in [2.24, 2.45) is 0 Å². The minimum Gasteiger partial charge on any atom is -0.462 e. The topological polar surface area (TPSA) is 109 Å². The number of nitrogens with zero attached hydrogens (tertiary/aromatic N) is 7. The van der Waals surface area contributed by atoms with Crippen LogP contribution in [0.5, 0.6) is 6.01 Å². The molecule has 2 fully saturated rings. The molecule has 3 atom stereocenters. The normalized spacial score (nSPS) is 22.3. The zero-order valence-electron chi connectivity index (χ0n) is 24.7. The van der Waals surface area contributed by atoms with Crippen LogP contribution >= 0.6 is 0 Å². The largest absolute Gasteiger partial charge is 0.462 e. The Bertz CT molecular complexity index is 1600. The Balaban J connectivity index is 1.31. The number of nitriles is 2. The van der Waals surface area contributed by atoms with Gasteiger partial charge in [0.25, 0.3) is 0 Å². The lowest BCUT2D eigenvalue weighted by atomic mass is 9.80. The first kappa shape index (κ1) is 28.6. The predicted octanol–water partition coefficient (Wildman–Crippen LogP) is 4.39.